The average Bonchev–Trinajstić information content (AvgIpc) is 2.42. The van der Waals surface area contributed by atoms with Crippen LogP contribution in [0.15, 0.2) is 30.3 Å². The van der Waals surface area contributed by atoms with E-state index in [4.69, 9.17) is 9.47 Å². The molecule has 3 rings (SSSR count). The van der Waals surface area contributed by atoms with E-state index in [0.29, 0.717) is 35.3 Å². The molecule has 0 atom stereocenters. The van der Waals surface area contributed by atoms with E-state index >= 15 is 0 Å². The third kappa shape index (κ3) is 1.84. The Labute approximate surface area is 102 Å². The number of nitrogens with zero attached hydrogens (tertiary/aromatic N) is 2. The normalized spacial score (nSPS) is 11.6. The highest BCUT2D eigenvalue weighted by Crippen LogP contribution is 2.43. The lowest BCUT2D eigenvalue weighted by molar-refractivity contribution is -0.129. The predicted molar refractivity (Wildman–Crippen MR) is 59.5 cm³/mol. The SMILES string of the molecule is O=COCc1cc2c(nn1)Oc1ccccc1O2. The lowest BCUT2D eigenvalue weighted by atomic mass is 10.3. The van der Waals surface area contributed by atoms with Gasteiger partial charge >= 0.3 is 0 Å². The fourth-order valence-electron chi connectivity index (χ4n) is 1.58. The van der Waals surface area contributed by atoms with Gasteiger partial charge in [0.15, 0.2) is 17.2 Å². The fourth-order valence-corrected chi connectivity index (χ4v) is 1.58. The van der Waals surface area contributed by atoms with E-state index in [2.05, 4.69) is 14.9 Å². The van der Waals surface area contributed by atoms with Crippen LogP contribution in [0.3, 0.4) is 0 Å². The molecule has 0 radical (unpaired) electrons. The maximum Gasteiger partial charge on any atom is 0.293 e. The van der Waals surface area contributed by atoms with Gasteiger partial charge < -0.3 is 14.2 Å². The van der Waals surface area contributed by atoms with Crippen LogP contribution < -0.4 is 9.47 Å². The van der Waals surface area contributed by atoms with E-state index in [1.54, 1.807) is 18.2 Å². The van der Waals surface area contributed by atoms with Crippen LogP contribution in [-0.4, -0.2) is 16.7 Å². The summed E-state index contributed by atoms with van der Waals surface area (Å²) < 4.78 is 15.8. The number of hydrogen-bond donors (Lipinski definition) is 0. The van der Waals surface area contributed by atoms with Crippen LogP contribution >= 0.6 is 0 Å². The Morgan fingerprint density at radius 1 is 1.11 bits per heavy atom. The van der Waals surface area contributed by atoms with E-state index < -0.39 is 0 Å². The predicted octanol–water partition coefficient (Wildman–Crippen LogP) is 2.05. The maximum absolute atomic E-state index is 10.1. The average molecular weight is 244 g/mol. The van der Waals surface area contributed by atoms with Crippen LogP contribution in [0.1, 0.15) is 5.69 Å². The lowest BCUT2D eigenvalue weighted by Gasteiger charge is -2.18. The second-order valence-corrected chi connectivity index (χ2v) is 3.56. The summed E-state index contributed by atoms with van der Waals surface area (Å²) in [6.07, 6.45) is 0. The topological polar surface area (TPSA) is 70.5 Å². The van der Waals surface area contributed by atoms with E-state index in [1.165, 1.54) is 0 Å². The first kappa shape index (κ1) is 10.5. The molecule has 2 aromatic rings. The van der Waals surface area contributed by atoms with E-state index in [0.717, 1.165) is 0 Å². The van der Waals surface area contributed by atoms with Gasteiger partial charge in [-0.25, -0.2) is 0 Å². The van der Waals surface area contributed by atoms with Crippen molar-refractivity contribution in [3.8, 4) is 23.1 Å². The number of para-hydroxylation sites is 2. The fraction of sp³-hybridized carbons (Fsp3) is 0.0833. The van der Waals surface area contributed by atoms with E-state index in [1.807, 2.05) is 12.1 Å². The monoisotopic (exact) mass is 244 g/mol. The molecule has 90 valence electrons. The van der Waals surface area contributed by atoms with Gasteiger partial charge in [0.2, 0.25) is 0 Å². The first-order valence-electron chi connectivity index (χ1n) is 5.23. The Bertz CT molecular complexity index is 600. The Balaban J connectivity index is 1.91. The molecule has 0 spiro atoms. The molecule has 0 fully saturated rings. The maximum atomic E-state index is 10.1. The van der Waals surface area contributed by atoms with Gasteiger partial charge in [-0.1, -0.05) is 12.1 Å². The molecule has 1 aromatic carbocycles. The largest absolute Gasteiger partial charge is 0.461 e. The molecule has 0 aliphatic carbocycles. The van der Waals surface area contributed by atoms with Crippen LogP contribution in [0.25, 0.3) is 0 Å². The van der Waals surface area contributed by atoms with Gasteiger partial charge in [0.05, 0.1) is 0 Å². The highest BCUT2D eigenvalue weighted by Gasteiger charge is 2.20. The third-order valence-electron chi connectivity index (χ3n) is 2.35. The van der Waals surface area contributed by atoms with E-state index in [-0.39, 0.29) is 6.61 Å². The molecular weight excluding hydrogens is 236 g/mol. The molecule has 6 heteroatoms. The quantitative estimate of drug-likeness (QED) is 0.656. The van der Waals surface area contributed by atoms with Crippen molar-refractivity contribution in [3.05, 3.63) is 36.0 Å². The number of hydrogen-bond acceptors (Lipinski definition) is 6. The Morgan fingerprint density at radius 3 is 2.67 bits per heavy atom. The Kier molecular flexibility index (Phi) is 2.53. The van der Waals surface area contributed by atoms with Gasteiger partial charge in [-0.05, 0) is 12.1 Å². The van der Waals surface area contributed by atoms with Crippen molar-refractivity contribution >= 4 is 6.47 Å². The summed E-state index contributed by atoms with van der Waals surface area (Å²) in [6, 6.07) is 8.89. The summed E-state index contributed by atoms with van der Waals surface area (Å²) in [5.41, 5.74) is 0.490. The summed E-state index contributed by atoms with van der Waals surface area (Å²) in [7, 11) is 0. The zero-order valence-corrected chi connectivity index (χ0v) is 9.20. The Morgan fingerprint density at radius 2 is 1.89 bits per heavy atom. The number of carbonyl (C=O) groups is 1. The van der Waals surface area contributed by atoms with Crippen LogP contribution in [0.4, 0.5) is 0 Å². The molecule has 1 aliphatic heterocycles. The standard InChI is InChI=1S/C12H8N2O4/c15-7-16-6-8-5-11-12(14-13-8)18-10-4-2-1-3-9(10)17-11/h1-5,7H,6H2. The molecule has 0 amide bonds. The first-order chi connectivity index (χ1) is 8.86. The zero-order valence-electron chi connectivity index (χ0n) is 9.20. The highest BCUT2D eigenvalue weighted by atomic mass is 16.6. The van der Waals surface area contributed by atoms with Crippen LogP contribution in [0.2, 0.25) is 0 Å². The number of benzene rings is 1. The van der Waals surface area contributed by atoms with Gasteiger partial charge in [0.1, 0.15) is 12.3 Å². The first-order valence-corrected chi connectivity index (χ1v) is 5.23. The Hall–Kier alpha value is -2.63. The highest BCUT2D eigenvalue weighted by molar-refractivity contribution is 5.51. The number of carbonyl (C=O) groups excluding carboxylic acids is 1. The van der Waals surface area contributed by atoms with Crippen LogP contribution in [-0.2, 0) is 16.1 Å². The molecule has 18 heavy (non-hydrogen) atoms. The minimum absolute atomic E-state index is 0.0504. The molecule has 0 saturated heterocycles. The van der Waals surface area contributed by atoms with Gasteiger partial charge in [0.25, 0.3) is 12.4 Å². The summed E-state index contributed by atoms with van der Waals surface area (Å²) in [5, 5.41) is 7.74. The number of rotatable bonds is 3. The van der Waals surface area contributed by atoms with Crippen molar-refractivity contribution in [2.75, 3.05) is 0 Å². The molecule has 0 unspecified atom stereocenters. The van der Waals surface area contributed by atoms with Crippen LogP contribution in [0.5, 0.6) is 23.1 Å². The smallest absolute Gasteiger partial charge is 0.293 e. The van der Waals surface area contributed by atoms with Gasteiger partial charge in [-0.3, -0.25) is 4.79 Å². The number of fused-ring (bicyclic) bond motifs is 2. The molecule has 6 nitrogen and oxygen atoms in total. The summed E-state index contributed by atoms with van der Waals surface area (Å²) in [5.74, 6) is 1.95. The minimum atomic E-state index is 0.0504. The number of aromatic nitrogens is 2. The molecule has 0 bridgehead atoms. The van der Waals surface area contributed by atoms with Gasteiger partial charge in [-0.15, -0.1) is 10.2 Å². The second kappa shape index (κ2) is 4.33. The van der Waals surface area contributed by atoms with Crippen LogP contribution in [0, 0.1) is 0 Å². The third-order valence-corrected chi connectivity index (χ3v) is 2.35. The van der Waals surface area contributed by atoms with Gasteiger partial charge in [0, 0.05) is 6.07 Å². The summed E-state index contributed by atoms with van der Waals surface area (Å²) >= 11 is 0. The van der Waals surface area contributed by atoms with Crippen molar-refractivity contribution in [2.45, 2.75) is 6.61 Å². The molecular formula is C12H8N2O4. The van der Waals surface area contributed by atoms with Crippen molar-refractivity contribution in [1.29, 1.82) is 0 Å². The van der Waals surface area contributed by atoms with Crippen molar-refractivity contribution < 1.29 is 19.0 Å². The molecule has 1 aromatic heterocycles. The second-order valence-electron chi connectivity index (χ2n) is 3.56. The lowest BCUT2D eigenvalue weighted by Crippen LogP contribution is -2.04. The summed E-state index contributed by atoms with van der Waals surface area (Å²) in [4.78, 5) is 10.1. The van der Waals surface area contributed by atoms with Gasteiger partial charge in [-0.2, -0.15) is 0 Å². The molecule has 0 N–H and O–H groups in total. The number of ether oxygens (including phenoxy) is 3. The zero-order chi connectivity index (χ0) is 12.4. The molecule has 0 saturated carbocycles. The summed E-state index contributed by atoms with van der Waals surface area (Å²) in [6.45, 7) is 0.405. The molecule has 1 aliphatic rings. The van der Waals surface area contributed by atoms with E-state index in [9.17, 15) is 4.79 Å². The molecule has 2 heterocycles. The minimum Gasteiger partial charge on any atom is -0.461 e. The van der Waals surface area contributed by atoms with Crippen molar-refractivity contribution in [2.24, 2.45) is 0 Å². The van der Waals surface area contributed by atoms with Crippen molar-refractivity contribution in [1.82, 2.24) is 10.2 Å². The van der Waals surface area contributed by atoms with Crippen molar-refractivity contribution in [3.63, 3.8) is 0 Å².